The number of alkyl halides is 3. The van der Waals surface area contributed by atoms with Gasteiger partial charge in [0.2, 0.25) is 5.91 Å². The highest BCUT2D eigenvalue weighted by atomic mass is 79.9. The molecule has 2 heterocycles. The molecule has 0 radical (unpaired) electrons. The largest absolute Gasteiger partial charge is 0.417 e. The van der Waals surface area contributed by atoms with Gasteiger partial charge in [-0.2, -0.15) is 18.3 Å². The molecular formula is C16H15BrF3N3O4S. The first kappa shape index (κ1) is 20.8. The van der Waals surface area contributed by atoms with Crippen molar-refractivity contribution in [1.29, 1.82) is 0 Å². The molecule has 12 heteroatoms. The van der Waals surface area contributed by atoms with E-state index < -0.39 is 33.5 Å². The van der Waals surface area contributed by atoms with E-state index in [2.05, 4.69) is 26.3 Å². The number of benzene rings is 1. The van der Waals surface area contributed by atoms with Gasteiger partial charge in [-0.05, 0) is 24.6 Å². The van der Waals surface area contributed by atoms with E-state index in [-0.39, 0.29) is 52.5 Å². The van der Waals surface area contributed by atoms with Gasteiger partial charge in [0.05, 0.1) is 23.1 Å². The molecule has 3 rings (SSSR count). The Bertz CT molecular complexity index is 962. The molecule has 0 aromatic heterocycles. The summed E-state index contributed by atoms with van der Waals surface area (Å²) in [6.07, 6.45) is -4.38. The Kier molecular flexibility index (Phi) is 5.54. The molecule has 1 atom stereocenters. The second-order valence-corrected chi connectivity index (χ2v) is 9.57. The maximum Gasteiger partial charge on any atom is 0.417 e. The molecule has 2 amide bonds. The highest BCUT2D eigenvalue weighted by molar-refractivity contribution is 9.10. The van der Waals surface area contributed by atoms with Crippen LogP contribution in [0.3, 0.4) is 0 Å². The summed E-state index contributed by atoms with van der Waals surface area (Å²) < 4.78 is 62.1. The molecule has 7 nitrogen and oxygen atoms in total. The lowest BCUT2D eigenvalue weighted by Crippen LogP contribution is -2.42. The second-order valence-electron chi connectivity index (χ2n) is 6.49. The lowest BCUT2D eigenvalue weighted by atomic mass is 10.1. The van der Waals surface area contributed by atoms with Crippen LogP contribution in [0.25, 0.3) is 0 Å². The summed E-state index contributed by atoms with van der Waals surface area (Å²) in [6, 6.07) is 2.62. The quantitative estimate of drug-likeness (QED) is 0.717. The van der Waals surface area contributed by atoms with Gasteiger partial charge in [-0.3, -0.25) is 9.59 Å². The van der Waals surface area contributed by atoms with Crippen molar-refractivity contribution in [2.24, 2.45) is 5.10 Å². The summed E-state index contributed by atoms with van der Waals surface area (Å²) in [5.74, 6) is -1.41. The summed E-state index contributed by atoms with van der Waals surface area (Å²) in [5, 5.41) is 7.35. The average Bonchev–Trinajstić information content (AvgIpc) is 2.95. The predicted octanol–water partition coefficient (Wildman–Crippen LogP) is 2.57. The fourth-order valence-electron chi connectivity index (χ4n) is 3.01. The molecule has 0 saturated carbocycles. The Labute approximate surface area is 167 Å². The second kappa shape index (κ2) is 7.47. The van der Waals surface area contributed by atoms with Crippen LogP contribution in [0.5, 0.6) is 0 Å². The standard InChI is InChI=1S/C16H15BrF3N3O4S/c17-12-2-1-9(7-11(12)16(18,19)20)21-15(25)13-3-4-14(24)23(22-13)10-5-6-28(26,27)8-10/h1-2,7,10H,3-6,8H2,(H,21,25). The molecule has 1 fully saturated rings. The van der Waals surface area contributed by atoms with Crippen LogP contribution in [-0.2, 0) is 25.6 Å². The van der Waals surface area contributed by atoms with E-state index in [1.54, 1.807) is 0 Å². The van der Waals surface area contributed by atoms with Crippen molar-refractivity contribution in [2.45, 2.75) is 31.5 Å². The number of hydrogen-bond acceptors (Lipinski definition) is 5. The molecule has 1 unspecified atom stereocenters. The maximum atomic E-state index is 13.0. The Balaban J connectivity index is 1.79. The van der Waals surface area contributed by atoms with Gasteiger partial charge >= 0.3 is 6.18 Å². The third kappa shape index (κ3) is 4.54. The zero-order valence-corrected chi connectivity index (χ0v) is 16.7. The molecule has 0 aliphatic carbocycles. The Morgan fingerprint density at radius 1 is 1.29 bits per heavy atom. The lowest BCUT2D eigenvalue weighted by Gasteiger charge is -2.27. The third-order valence-electron chi connectivity index (χ3n) is 4.41. The van der Waals surface area contributed by atoms with Crippen molar-refractivity contribution in [3.63, 3.8) is 0 Å². The third-order valence-corrected chi connectivity index (χ3v) is 6.85. The van der Waals surface area contributed by atoms with Crippen molar-refractivity contribution >= 4 is 49.0 Å². The molecule has 2 aliphatic rings. The van der Waals surface area contributed by atoms with Gasteiger partial charge in [0, 0.05) is 23.0 Å². The molecular weight excluding hydrogens is 467 g/mol. The van der Waals surface area contributed by atoms with Crippen molar-refractivity contribution in [1.82, 2.24) is 5.01 Å². The minimum Gasteiger partial charge on any atom is -0.321 e. The van der Waals surface area contributed by atoms with E-state index in [4.69, 9.17) is 0 Å². The molecule has 1 aromatic carbocycles. The number of hydrazone groups is 1. The van der Waals surface area contributed by atoms with Crippen molar-refractivity contribution in [3.8, 4) is 0 Å². The number of nitrogens with zero attached hydrogens (tertiary/aromatic N) is 2. The van der Waals surface area contributed by atoms with Crippen LogP contribution in [0.15, 0.2) is 27.8 Å². The van der Waals surface area contributed by atoms with Crippen LogP contribution >= 0.6 is 15.9 Å². The molecule has 0 spiro atoms. The van der Waals surface area contributed by atoms with Gasteiger partial charge in [0.25, 0.3) is 5.91 Å². The van der Waals surface area contributed by atoms with E-state index in [0.29, 0.717) is 0 Å². The van der Waals surface area contributed by atoms with Crippen molar-refractivity contribution in [2.75, 3.05) is 16.8 Å². The number of rotatable bonds is 3. The van der Waals surface area contributed by atoms with Gasteiger partial charge in [-0.25, -0.2) is 13.4 Å². The first-order chi connectivity index (χ1) is 13.0. The summed E-state index contributed by atoms with van der Waals surface area (Å²) in [6.45, 7) is 0. The zero-order valence-electron chi connectivity index (χ0n) is 14.3. The normalized spacial score (nSPS) is 22.1. The SMILES string of the molecule is O=C(Nc1ccc(Br)c(C(F)(F)F)c1)C1=NN(C2CCS(=O)(=O)C2)C(=O)CC1. The van der Waals surface area contributed by atoms with Gasteiger partial charge in [0.15, 0.2) is 9.84 Å². The first-order valence-electron chi connectivity index (χ1n) is 8.24. The predicted molar refractivity (Wildman–Crippen MR) is 98.3 cm³/mol. The highest BCUT2D eigenvalue weighted by Gasteiger charge is 2.37. The van der Waals surface area contributed by atoms with E-state index in [9.17, 15) is 31.2 Å². The molecule has 2 aliphatic heterocycles. The highest BCUT2D eigenvalue weighted by Crippen LogP contribution is 2.36. The monoisotopic (exact) mass is 481 g/mol. The van der Waals surface area contributed by atoms with Gasteiger partial charge in [0.1, 0.15) is 5.71 Å². The van der Waals surface area contributed by atoms with Crippen LogP contribution in [0, 0.1) is 0 Å². The number of hydrogen-bond donors (Lipinski definition) is 1. The zero-order chi connectivity index (χ0) is 20.7. The maximum absolute atomic E-state index is 13.0. The van der Waals surface area contributed by atoms with Crippen molar-refractivity contribution < 1.29 is 31.2 Å². The minimum atomic E-state index is -4.60. The number of nitrogens with one attached hydrogen (secondary N) is 1. The number of anilines is 1. The fourth-order valence-corrected chi connectivity index (χ4v) is 5.18. The van der Waals surface area contributed by atoms with E-state index in [1.165, 1.54) is 12.1 Å². The smallest absolute Gasteiger partial charge is 0.321 e. The van der Waals surface area contributed by atoms with E-state index in [1.807, 2.05) is 0 Å². The van der Waals surface area contributed by atoms with Crippen LogP contribution in [-0.4, -0.2) is 48.5 Å². The molecule has 1 aromatic rings. The van der Waals surface area contributed by atoms with Crippen LogP contribution in [0.1, 0.15) is 24.8 Å². The minimum absolute atomic E-state index is 0.0172. The number of carbonyl (C=O) groups excluding carboxylic acids is 2. The molecule has 28 heavy (non-hydrogen) atoms. The number of carbonyl (C=O) groups is 2. The Hall–Kier alpha value is -1.95. The lowest BCUT2D eigenvalue weighted by molar-refractivity contribution is -0.138. The Morgan fingerprint density at radius 2 is 2.00 bits per heavy atom. The van der Waals surface area contributed by atoms with E-state index in [0.717, 1.165) is 11.1 Å². The summed E-state index contributed by atoms with van der Waals surface area (Å²) >= 11 is 2.82. The first-order valence-corrected chi connectivity index (χ1v) is 10.9. The molecule has 1 saturated heterocycles. The van der Waals surface area contributed by atoms with Gasteiger partial charge < -0.3 is 5.32 Å². The summed E-state index contributed by atoms with van der Waals surface area (Å²) in [4.78, 5) is 24.5. The van der Waals surface area contributed by atoms with Crippen molar-refractivity contribution in [3.05, 3.63) is 28.2 Å². The summed E-state index contributed by atoms with van der Waals surface area (Å²) in [7, 11) is -3.25. The van der Waals surface area contributed by atoms with Crippen LogP contribution in [0.4, 0.5) is 18.9 Å². The topological polar surface area (TPSA) is 95.9 Å². The molecule has 1 N–H and O–H groups in total. The number of halogens is 4. The number of amides is 2. The number of sulfone groups is 1. The van der Waals surface area contributed by atoms with Crippen LogP contribution < -0.4 is 5.32 Å². The Morgan fingerprint density at radius 3 is 2.61 bits per heavy atom. The summed E-state index contributed by atoms with van der Waals surface area (Å²) in [5.41, 5.74) is -1.06. The van der Waals surface area contributed by atoms with Crippen LogP contribution in [0.2, 0.25) is 0 Å². The molecule has 152 valence electrons. The van der Waals surface area contributed by atoms with Gasteiger partial charge in [-0.15, -0.1) is 0 Å². The molecule has 0 bridgehead atoms. The fraction of sp³-hybridized carbons (Fsp3) is 0.438. The van der Waals surface area contributed by atoms with E-state index >= 15 is 0 Å². The average molecular weight is 482 g/mol. The van der Waals surface area contributed by atoms with Gasteiger partial charge in [-0.1, -0.05) is 15.9 Å².